The molecule has 1 aliphatic heterocycles. The smallest absolute Gasteiger partial charge is 0.399 e. The number of aromatic nitrogens is 1. The van der Waals surface area contributed by atoms with Crippen LogP contribution in [-0.4, -0.2) is 22.9 Å². The molecule has 0 atom stereocenters. The zero-order valence-corrected chi connectivity index (χ0v) is 36.2. The zero-order chi connectivity index (χ0) is 42.4. The minimum atomic E-state index is -0.536. The molecule has 8 aromatic carbocycles. The van der Waals surface area contributed by atoms with Gasteiger partial charge in [-0.05, 0) is 144 Å². The van der Waals surface area contributed by atoms with Gasteiger partial charge in [-0.2, -0.15) is 0 Å². The van der Waals surface area contributed by atoms with Gasteiger partial charge in [0, 0.05) is 38.9 Å². The summed E-state index contributed by atoms with van der Waals surface area (Å²) < 4.78 is 16.0. The summed E-state index contributed by atoms with van der Waals surface area (Å²) in [5.41, 5.74) is 16.6. The molecule has 0 N–H and O–H groups in total. The number of anilines is 3. The van der Waals surface area contributed by atoms with E-state index >= 15 is 0 Å². The maximum Gasteiger partial charge on any atom is 0.494 e. The predicted molar refractivity (Wildman–Crippen MR) is 260 cm³/mol. The summed E-state index contributed by atoms with van der Waals surface area (Å²) in [5.74, 6) is 0. The van der Waals surface area contributed by atoms with Gasteiger partial charge in [0.1, 0.15) is 0 Å². The highest BCUT2D eigenvalue weighted by Gasteiger charge is 2.52. The van der Waals surface area contributed by atoms with E-state index in [2.05, 4.69) is 239 Å². The van der Waals surface area contributed by atoms with Crippen molar-refractivity contribution in [2.75, 3.05) is 4.90 Å². The van der Waals surface area contributed by atoms with E-state index in [4.69, 9.17) is 9.31 Å². The largest absolute Gasteiger partial charge is 0.494 e. The Morgan fingerprint density at radius 1 is 0.435 bits per heavy atom. The first-order valence-corrected chi connectivity index (χ1v) is 21.8. The van der Waals surface area contributed by atoms with E-state index in [1.54, 1.807) is 0 Å². The molecule has 0 bridgehead atoms. The summed E-state index contributed by atoms with van der Waals surface area (Å²) in [7, 11) is -0.536. The van der Waals surface area contributed by atoms with E-state index in [-0.39, 0.29) is 5.41 Å². The summed E-state index contributed by atoms with van der Waals surface area (Å²) in [4.78, 5) is 2.32. The van der Waals surface area contributed by atoms with Gasteiger partial charge >= 0.3 is 7.12 Å². The lowest BCUT2D eigenvalue weighted by atomic mass is 9.76. The van der Waals surface area contributed by atoms with Crippen LogP contribution in [0.15, 0.2) is 188 Å². The van der Waals surface area contributed by atoms with Crippen LogP contribution in [0.2, 0.25) is 0 Å². The van der Waals surface area contributed by atoms with Gasteiger partial charge in [0.2, 0.25) is 0 Å². The Balaban J connectivity index is 1.11. The van der Waals surface area contributed by atoms with Gasteiger partial charge in [-0.15, -0.1) is 0 Å². The summed E-state index contributed by atoms with van der Waals surface area (Å²) in [5, 5.41) is 2.43. The second-order valence-corrected chi connectivity index (χ2v) is 18.4. The molecule has 2 aliphatic rings. The summed E-state index contributed by atoms with van der Waals surface area (Å²) in [6.45, 7) is 13.2. The molecule has 62 heavy (non-hydrogen) atoms. The Labute approximate surface area is 365 Å². The molecule has 1 aromatic heterocycles. The molecular weight excluding hydrogens is 755 g/mol. The van der Waals surface area contributed by atoms with E-state index in [1.807, 2.05) is 0 Å². The number of benzene rings is 8. The van der Waals surface area contributed by atoms with E-state index in [9.17, 15) is 0 Å². The molecule has 1 saturated heterocycles. The minimum Gasteiger partial charge on any atom is -0.399 e. The molecule has 5 heteroatoms. The van der Waals surface area contributed by atoms with Crippen LogP contribution >= 0.6 is 0 Å². The predicted octanol–water partition coefficient (Wildman–Crippen LogP) is 14.2. The van der Waals surface area contributed by atoms with Crippen LogP contribution in [0.5, 0.6) is 0 Å². The number of rotatable bonds is 7. The van der Waals surface area contributed by atoms with Gasteiger partial charge in [0.15, 0.2) is 0 Å². The molecule has 2 heterocycles. The van der Waals surface area contributed by atoms with E-state index in [1.165, 1.54) is 44.1 Å². The van der Waals surface area contributed by atoms with Crippen molar-refractivity contribution < 1.29 is 9.31 Å². The molecule has 11 rings (SSSR count). The first-order valence-electron chi connectivity index (χ1n) is 21.8. The fraction of sp³-hybridized carbons (Fsp3) is 0.158. The normalized spacial score (nSPS) is 15.8. The lowest BCUT2D eigenvalue weighted by Gasteiger charge is -2.32. The molecule has 4 nitrogen and oxygen atoms in total. The fourth-order valence-electron chi connectivity index (χ4n) is 9.90. The number of para-hydroxylation sites is 3. The molecule has 0 saturated carbocycles. The Morgan fingerprint density at radius 3 is 1.76 bits per heavy atom. The monoisotopic (exact) mass is 804 g/mol. The third kappa shape index (κ3) is 6.06. The van der Waals surface area contributed by atoms with Crippen molar-refractivity contribution in [1.82, 2.24) is 4.57 Å². The lowest BCUT2D eigenvalue weighted by Crippen LogP contribution is -2.41. The van der Waals surface area contributed by atoms with Crippen molar-refractivity contribution in [3.63, 3.8) is 0 Å². The van der Waals surface area contributed by atoms with Crippen LogP contribution in [-0.2, 0) is 14.7 Å². The van der Waals surface area contributed by atoms with Crippen LogP contribution in [0.1, 0.15) is 52.7 Å². The Hall–Kier alpha value is -6.66. The van der Waals surface area contributed by atoms with Crippen molar-refractivity contribution in [2.24, 2.45) is 0 Å². The molecule has 302 valence electrons. The van der Waals surface area contributed by atoms with Crippen molar-refractivity contribution in [1.29, 1.82) is 0 Å². The van der Waals surface area contributed by atoms with Crippen molar-refractivity contribution in [3.05, 3.63) is 199 Å². The van der Waals surface area contributed by atoms with E-state index in [0.717, 1.165) is 50.5 Å². The maximum atomic E-state index is 6.77. The minimum absolute atomic E-state index is 0.0563. The average Bonchev–Trinajstić information content (AvgIpc) is 3.84. The summed E-state index contributed by atoms with van der Waals surface area (Å²) >= 11 is 0. The number of nitrogens with zero attached hydrogens (tertiary/aromatic N) is 2. The topological polar surface area (TPSA) is 26.6 Å². The molecule has 0 radical (unpaired) electrons. The first kappa shape index (κ1) is 38.3. The molecular formula is C57H49BN2O2. The number of fused-ring (bicyclic) bond motifs is 6. The molecule has 0 unspecified atom stereocenters. The van der Waals surface area contributed by atoms with Crippen LogP contribution in [0.3, 0.4) is 0 Å². The third-order valence-electron chi connectivity index (χ3n) is 13.8. The molecule has 0 amide bonds. The summed E-state index contributed by atoms with van der Waals surface area (Å²) in [6, 6.07) is 68.4. The van der Waals surface area contributed by atoms with Crippen LogP contribution in [0, 0.1) is 0 Å². The van der Waals surface area contributed by atoms with E-state index in [0.29, 0.717) is 0 Å². The van der Waals surface area contributed by atoms with Crippen molar-refractivity contribution in [3.8, 4) is 39.1 Å². The first-order chi connectivity index (χ1) is 30.0. The second kappa shape index (κ2) is 14.2. The Bertz CT molecular complexity index is 3130. The quantitative estimate of drug-likeness (QED) is 0.150. The average molecular weight is 805 g/mol. The second-order valence-electron chi connectivity index (χ2n) is 18.4. The number of hydrogen-bond donors (Lipinski definition) is 0. The molecule has 1 fully saturated rings. The van der Waals surface area contributed by atoms with E-state index < -0.39 is 18.3 Å². The molecule has 0 spiro atoms. The lowest BCUT2D eigenvalue weighted by molar-refractivity contribution is 0.00578. The standard InChI is InChI=1S/C57H49BN2O2/c1-55(2)50-28-15-13-25-47(50)49-37-45(31-32-51(49)55)60-52-29-16-14-26-48(52)54-46(27-18-30-53(54)60)40-33-39(34-41(35-40)58-61-56(3,4)57(5,6)62-58)38-19-17-24-44(36-38)59(42-20-9-7-10-21-42)43-22-11-8-12-23-43/h7-37H,1-6H3. The SMILES string of the molecule is CC1(C)c2ccccc2-c2cc(-n3c4ccccc4c4c(-c5cc(B6OC(C)(C)C(C)(C)O6)cc(-c6cccc(N(c7ccccc7)c7ccccc7)c6)c5)cccc43)ccc21. The van der Waals surface area contributed by atoms with Crippen molar-refractivity contribution >= 4 is 51.4 Å². The van der Waals surface area contributed by atoms with Crippen LogP contribution in [0.25, 0.3) is 60.9 Å². The van der Waals surface area contributed by atoms with Crippen LogP contribution < -0.4 is 10.4 Å². The highest BCUT2D eigenvalue weighted by molar-refractivity contribution is 6.62. The fourth-order valence-corrected chi connectivity index (χ4v) is 9.90. The van der Waals surface area contributed by atoms with Gasteiger partial charge in [-0.3, -0.25) is 0 Å². The van der Waals surface area contributed by atoms with Gasteiger partial charge in [-0.1, -0.05) is 135 Å². The summed E-state index contributed by atoms with van der Waals surface area (Å²) in [6.07, 6.45) is 0. The van der Waals surface area contributed by atoms with Crippen LogP contribution in [0.4, 0.5) is 17.1 Å². The molecule has 9 aromatic rings. The molecule has 1 aliphatic carbocycles. The van der Waals surface area contributed by atoms with Gasteiger partial charge in [0.25, 0.3) is 0 Å². The number of hydrogen-bond acceptors (Lipinski definition) is 3. The highest BCUT2D eigenvalue weighted by atomic mass is 16.7. The van der Waals surface area contributed by atoms with Gasteiger partial charge in [-0.25, -0.2) is 0 Å². The Morgan fingerprint density at radius 2 is 1.02 bits per heavy atom. The van der Waals surface area contributed by atoms with Gasteiger partial charge in [0.05, 0.1) is 22.2 Å². The maximum absolute atomic E-state index is 6.77. The third-order valence-corrected chi connectivity index (χ3v) is 13.8. The van der Waals surface area contributed by atoms with Crippen molar-refractivity contribution in [2.45, 2.75) is 58.2 Å². The Kier molecular flexibility index (Phi) is 8.77. The van der Waals surface area contributed by atoms with Gasteiger partial charge < -0.3 is 18.8 Å². The zero-order valence-electron chi connectivity index (χ0n) is 36.2. The highest BCUT2D eigenvalue weighted by Crippen LogP contribution is 2.50.